The van der Waals surface area contributed by atoms with E-state index in [1.807, 2.05) is 46.2 Å². The molecule has 0 rings (SSSR count). The fourth-order valence-corrected chi connectivity index (χ4v) is 11.2. The second-order valence-electron chi connectivity index (χ2n) is 9.52. The van der Waals surface area contributed by atoms with E-state index in [0.29, 0.717) is 12.8 Å². The first-order valence-electron chi connectivity index (χ1n) is 10.2. The van der Waals surface area contributed by atoms with E-state index in [1.54, 1.807) is 6.92 Å². The molecule has 0 aromatic heterocycles. The molecule has 174 valence electrons. The van der Waals surface area contributed by atoms with E-state index < -0.39 is 55.8 Å². The maximum absolute atomic E-state index is 12.7. The van der Waals surface area contributed by atoms with Crippen molar-refractivity contribution in [2.75, 3.05) is 6.61 Å². The fraction of sp³-hybridized carbons (Fsp3) is 0.700. The number of hydrogen-bond acceptors (Lipinski definition) is 7. The molecule has 7 nitrogen and oxygen atoms in total. The Morgan fingerprint density at radius 2 is 1.40 bits per heavy atom. The normalized spacial score (nSPS) is 15.3. The molecule has 30 heavy (non-hydrogen) atoms. The highest BCUT2D eigenvalue weighted by atomic mass is 28.4. The largest absolute Gasteiger partial charge is 0.452 e. The molecule has 0 aliphatic rings. The van der Waals surface area contributed by atoms with Crippen LogP contribution in [-0.2, 0) is 27.3 Å². The third-order valence-electron chi connectivity index (χ3n) is 3.90. The Labute approximate surface area is 185 Å². The van der Waals surface area contributed by atoms with Gasteiger partial charge in [-0.25, -0.2) is 9.59 Å². The number of carbonyl (C=O) groups is 2. The zero-order valence-electron chi connectivity index (χ0n) is 20.1. The molecule has 0 aliphatic carbocycles. The maximum atomic E-state index is 12.7. The number of carbonyl (C=O) groups excluding carboxylic acids is 2. The van der Waals surface area contributed by atoms with Crippen LogP contribution in [0.1, 0.15) is 33.6 Å². The quantitative estimate of drug-likeness (QED) is 0.247. The summed E-state index contributed by atoms with van der Waals surface area (Å²) in [5.74, 6) is -1.31. The average molecular weight is 477 g/mol. The third kappa shape index (κ3) is 9.40. The van der Waals surface area contributed by atoms with Gasteiger partial charge >= 0.3 is 21.2 Å². The first-order valence-corrected chi connectivity index (χ1v) is 18.5. The fourth-order valence-electron chi connectivity index (χ4n) is 2.63. The molecule has 0 amide bonds. The summed E-state index contributed by atoms with van der Waals surface area (Å²) >= 11 is 0. The molecule has 0 fully saturated rings. The van der Waals surface area contributed by atoms with Crippen molar-refractivity contribution in [3.05, 3.63) is 24.3 Å². The van der Waals surface area contributed by atoms with Crippen LogP contribution in [0, 0.1) is 0 Å². The Bertz CT molecular complexity index is 621. The zero-order valence-corrected chi connectivity index (χ0v) is 23.2. The van der Waals surface area contributed by atoms with E-state index in [2.05, 4.69) is 13.2 Å². The van der Waals surface area contributed by atoms with Crippen molar-refractivity contribution in [3.8, 4) is 0 Å². The highest BCUT2D eigenvalue weighted by Crippen LogP contribution is 2.34. The summed E-state index contributed by atoms with van der Waals surface area (Å²) in [5.41, 5.74) is 0.382. The van der Waals surface area contributed by atoms with Gasteiger partial charge in [-0.1, -0.05) is 26.5 Å². The van der Waals surface area contributed by atoms with Gasteiger partial charge in [-0.3, -0.25) is 0 Å². The first kappa shape index (κ1) is 29.0. The van der Waals surface area contributed by atoms with Crippen LogP contribution >= 0.6 is 0 Å². The molecule has 0 aromatic rings. The predicted molar refractivity (Wildman–Crippen MR) is 126 cm³/mol. The predicted octanol–water partition coefficient (Wildman–Crippen LogP) is 3.59. The van der Waals surface area contributed by atoms with Crippen LogP contribution in [0.15, 0.2) is 24.3 Å². The van der Waals surface area contributed by atoms with Crippen molar-refractivity contribution in [1.29, 1.82) is 0 Å². The first-order chi connectivity index (χ1) is 13.5. The summed E-state index contributed by atoms with van der Waals surface area (Å²) < 4.78 is 24.6. The van der Waals surface area contributed by atoms with E-state index in [9.17, 15) is 14.7 Å². The van der Waals surface area contributed by atoms with Crippen LogP contribution in [0.2, 0.25) is 39.3 Å². The topological polar surface area (TPSA) is 91.3 Å². The Balaban J connectivity index is 6.70. The molecule has 2 atom stereocenters. The smallest absolute Gasteiger partial charge is 0.350 e. The van der Waals surface area contributed by atoms with Crippen molar-refractivity contribution in [3.63, 3.8) is 0 Å². The molecule has 0 saturated heterocycles. The lowest BCUT2D eigenvalue weighted by Crippen LogP contribution is -2.66. The average Bonchev–Trinajstić information content (AvgIpc) is 2.55. The van der Waals surface area contributed by atoms with Gasteiger partial charge in [-0.05, 0) is 59.6 Å². The molecule has 0 heterocycles. The Kier molecular flexibility index (Phi) is 11.1. The number of hydrogen-bond donors (Lipinski definition) is 1. The van der Waals surface area contributed by atoms with Crippen molar-refractivity contribution >= 4 is 37.9 Å². The molecule has 0 saturated carbocycles. The number of rotatable bonds is 13. The second kappa shape index (κ2) is 11.5. The minimum atomic E-state index is -2.84. The standard InChI is InChI=1S/C20H40O7Si3/c1-12-13-20(25-19(23)16(4)5,17(14-21)24-18(22)15(2)3)28(26-29(6,7)8)27-30(9,10)11/h17,21,28H,2,4,12-14H2,1,3,5-11H3. The molecule has 0 radical (unpaired) electrons. The summed E-state index contributed by atoms with van der Waals surface area (Å²) in [5, 5.41) is 8.82. The Hall–Kier alpha value is -1.05. The molecule has 10 heteroatoms. The van der Waals surface area contributed by atoms with Gasteiger partial charge < -0.3 is 22.8 Å². The lowest BCUT2D eigenvalue weighted by atomic mass is 10.1. The van der Waals surface area contributed by atoms with E-state index in [-0.39, 0.29) is 11.1 Å². The molecular weight excluding hydrogens is 436 g/mol. The molecule has 0 aliphatic heterocycles. The van der Waals surface area contributed by atoms with Gasteiger partial charge in [-0.15, -0.1) is 0 Å². The monoisotopic (exact) mass is 476 g/mol. The molecule has 2 unspecified atom stereocenters. The van der Waals surface area contributed by atoms with Crippen LogP contribution in [-0.4, -0.2) is 60.9 Å². The number of aliphatic hydroxyl groups is 1. The van der Waals surface area contributed by atoms with Gasteiger partial charge in [0.25, 0.3) is 0 Å². The zero-order chi connectivity index (χ0) is 23.9. The van der Waals surface area contributed by atoms with Crippen LogP contribution < -0.4 is 0 Å². The molecule has 0 bridgehead atoms. The van der Waals surface area contributed by atoms with E-state index >= 15 is 0 Å². The van der Waals surface area contributed by atoms with Gasteiger partial charge in [0.1, 0.15) is 0 Å². The SMILES string of the molecule is C=C(C)C(=O)OC(CO)C(CCC)(OC(=O)C(=C)C)[SiH](O[Si](C)(C)C)O[Si](C)(C)C. The molecule has 0 aromatic carbocycles. The van der Waals surface area contributed by atoms with Gasteiger partial charge in [0.2, 0.25) is 0 Å². The van der Waals surface area contributed by atoms with Crippen molar-refractivity contribution in [2.24, 2.45) is 0 Å². The maximum Gasteiger partial charge on any atom is 0.350 e. The van der Waals surface area contributed by atoms with E-state index in [4.69, 9.17) is 17.7 Å². The third-order valence-corrected chi connectivity index (χ3v) is 12.8. The molecule has 0 spiro atoms. The van der Waals surface area contributed by atoms with E-state index in [1.165, 1.54) is 6.92 Å². The molecular formula is C20H40O7Si3. The minimum Gasteiger partial charge on any atom is -0.452 e. The number of esters is 2. The summed E-state index contributed by atoms with van der Waals surface area (Å²) in [6, 6.07) is 0. The summed E-state index contributed by atoms with van der Waals surface area (Å²) in [6.45, 7) is 23.8. The van der Waals surface area contributed by atoms with Gasteiger partial charge in [-0.2, -0.15) is 0 Å². The highest BCUT2D eigenvalue weighted by molar-refractivity contribution is 6.81. The highest BCUT2D eigenvalue weighted by Gasteiger charge is 2.56. The van der Waals surface area contributed by atoms with Gasteiger partial charge in [0.05, 0.1) is 6.61 Å². The second-order valence-corrected chi connectivity index (χ2v) is 21.5. The lowest BCUT2D eigenvalue weighted by molar-refractivity contribution is -0.176. The lowest BCUT2D eigenvalue weighted by Gasteiger charge is -2.45. The number of ether oxygens (including phenoxy) is 2. The van der Waals surface area contributed by atoms with Crippen LogP contribution in [0.3, 0.4) is 0 Å². The summed E-state index contributed by atoms with van der Waals surface area (Å²) in [6.07, 6.45) is -0.237. The van der Waals surface area contributed by atoms with Crippen LogP contribution in [0.4, 0.5) is 0 Å². The summed E-state index contributed by atoms with van der Waals surface area (Å²) in [7, 11) is -7.15. The van der Waals surface area contributed by atoms with Gasteiger partial charge in [0, 0.05) is 11.1 Å². The Morgan fingerprint density at radius 1 is 0.967 bits per heavy atom. The van der Waals surface area contributed by atoms with Crippen LogP contribution in [0.5, 0.6) is 0 Å². The minimum absolute atomic E-state index is 0.181. The van der Waals surface area contributed by atoms with Crippen molar-refractivity contribution in [2.45, 2.75) is 84.2 Å². The number of aliphatic hydroxyl groups excluding tert-OH is 1. The van der Waals surface area contributed by atoms with E-state index in [0.717, 1.165) is 0 Å². The van der Waals surface area contributed by atoms with Gasteiger partial charge in [0.15, 0.2) is 28.0 Å². The van der Waals surface area contributed by atoms with Crippen LogP contribution in [0.25, 0.3) is 0 Å². The Morgan fingerprint density at radius 3 is 1.70 bits per heavy atom. The summed E-state index contributed by atoms with van der Waals surface area (Å²) in [4.78, 5) is 25.0. The van der Waals surface area contributed by atoms with Crippen molar-refractivity contribution < 1.29 is 32.4 Å². The van der Waals surface area contributed by atoms with Crippen molar-refractivity contribution in [1.82, 2.24) is 0 Å². The molecule has 1 N–H and O–H groups in total.